The number of hydrogen-bond acceptors (Lipinski definition) is 3. The predicted molar refractivity (Wildman–Crippen MR) is 86.7 cm³/mol. The molecular weight excluding hydrogens is 266 g/mol. The fourth-order valence-corrected chi connectivity index (χ4v) is 3.31. The molecule has 0 bridgehead atoms. The average Bonchev–Trinajstić information content (AvgIpc) is 2.85. The van der Waals surface area contributed by atoms with Gasteiger partial charge in [-0.25, -0.2) is 0 Å². The largest absolute Gasteiger partial charge is 0.508 e. The van der Waals surface area contributed by atoms with Crippen LogP contribution in [0.2, 0.25) is 0 Å². The number of phenols is 1. The van der Waals surface area contributed by atoms with Crippen LogP contribution in [0, 0.1) is 13.8 Å². The quantitative estimate of drug-likeness (QED) is 0.674. The first kappa shape index (κ1) is 13.0. The summed E-state index contributed by atoms with van der Waals surface area (Å²) in [4.78, 5) is 0. The molecule has 0 saturated heterocycles. The van der Waals surface area contributed by atoms with Gasteiger partial charge in [-0.05, 0) is 59.5 Å². The maximum atomic E-state index is 9.69. The molecule has 1 heterocycles. The molecule has 0 aliphatic heterocycles. The van der Waals surface area contributed by atoms with E-state index in [9.17, 15) is 5.11 Å². The molecule has 0 saturated carbocycles. The first-order valence-corrected chi connectivity index (χ1v) is 7.52. The summed E-state index contributed by atoms with van der Waals surface area (Å²) in [5.41, 5.74) is 4.35. The van der Waals surface area contributed by atoms with E-state index in [1.807, 2.05) is 26.0 Å². The van der Waals surface area contributed by atoms with E-state index < -0.39 is 0 Å². The molecule has 0 radical (unpaired) electrons. The highest BCUT2D eigenvalue weighted by Crippen LogP contribution is 2.28. The molecule has 3 aromatic rings. The van der Waals surface area contributed by atoms with E-state index in [2.05, 4.69) is 35.0 Å². The average molecular weight is 283 g/mol. The van der Waals surface area contributed by atoms with Crippen molar-refractivity contribution in [1.29, 1.82) is 0 Å². The molecule has 2 N–H and O–H groups in total. The Kier molecular flexibility index (Phi) is 3.36. The third-order valence-electron chi connectivity index (χ3n) is 3.57. The van der Waals surface area contributed by atoms with Gasteiger partial charge >= 0.3 is 0 Å². The van der Waals surface area contributed by atoms with Crippen LogP contribution in [0.25, 0.3) is 10.1 Å². The normalized spacial score (nSPS) is 10.9. The molecule has 3 heteroatoms. The molecule has 0 unspecified atom stereocenters. The van der Waals surface area contributed by atoms with Gasteiger partial charge in [0.15, 0.2) is 0 Å². The summed E-state index contributed by atoms with van der Waals surface area (Å²) in [6, 6.07) is 12.3. The number of phenolic OH excluding ortho intramolecular Hbond substituents is 1. The third-order valence-corrected chi connectivity index (χ3v) is 4.59. The summed E-state index contributed by atoms with van der Waals surface area (Å²) in [6.45, 7) is 4.72. The van der Waals surface area contributed by atoms with E-state index in [1.165, 1.54) is 15.6 Å². The molecule has 0 aliphatic carbocycles. The molecule has 20 heavy (non-hydrogen) atoms. The fourth-order valence-electron chi connectivity index (χ4n) is 2.35. The first-order valence-electron chi connectivity index (χ1n) is 6.64. The van der Waals surface area contributed by atoms with Gasteiger partial charge in [0.05, 0.1) is 0 Å². The van der Waals surface area contributed by atoms with Gasteiger partial charge in [-0.15, -0.1) is 11.3 Å². The van der Waals surface area contributed by atoms with Crippen molar-refractivity contribution < 1.29 is 5.11 Å². The Hall–Kier alpha value is -2.00. The number of aromatic hydroxyl groups is 1. The summed E-state index contributed by atoms with van der Waals surface area (Å²) < 4.78 is 1.32. The number of aryl methyl sites for hydroxylation is 2. The van der Waals surface area contributed by atoms with Gasteiger partial charge in [-0.2, -0.15) is 0 Å². The molecule has 1 aromatic heterocycles. The van der Waals surface area contributed by atoms with Crippen LogP contribution < -0.4 is 5.32 Å². The Bertz CT molecular complexity index is 761. The second-order valence-corrected chi connectivity index (χ2v) is 5.98. The molecule has 0 spiro atoms. The Morgan fingerprint density at radius 3 is 2.75 bits per heavy atom. The zero-order chi connectivity index (χ0) is 14.1. The minimum Gasteiger partial charge on any atom is -0.508 e. The minimum absolute atomic E-state index is 0.356. The van der Waals surface area contributed by atoms with Crippen molar-refractivity contribution in [3.63, 3.8) is 0 Å². The summed E-state index contributed by atoms with van der Waals surface area (Å²) in [6.07, 6.45) is 0. The Labute approximate surface area is 122 Å². The van der Waals surface area contributed by atoms with Crippen LogP contribution in [-0.2, 0) is 6.54 Å². The molecule has 0 atom stereocenters. The van der Waals surface area contributed by atoms with Crippen molar-refractivity contribution in [3.05, 3.63) is 58.5 Å². The highest BCUT2D eigenvalue weighted by atomic mass is 32.1. The monoisotopic (exact) mass is 283 g/mol. The lowest BCUT2D eigenvalue weighted by Gasteiger charge is -2.11. The van der Waals surface area contributed by atoms with E-state index in [0.29, 0.717) is 5.75 Å². The summed E-state index contributed by atoms with van der Waals surface area (Å²) in [5.74, 6) is 0.356. The molecule has 0 aliphatic rings. The van der Waals surface area contributed by atoms with Crippen LogP contribution >= 0.6 is 11.3 Å². The Morgan fingerprint density at radius 1 is 1.10 bits per heavy atom. The zero-order valence-corrected chi connectivity index (χ0v) is 12.4. The van der Waals surface area contributed by atoms with Crippen LogP contribution in [0.3, 0.4) is 0 Å². The number of fused-ring (bicyclic) bond motifs is 1. The van der Waals surface area contributed by atoms with Crippen LogP contribution in [0.5, 0.6) is 5.75 Å². The standard InChI is InChI=1S/C17H17NOS/c1-11-8-16(19)12(2)7-15(11)18-9-13-10-20-17-6-4-3-5-14(13)17/h3-8,10,18-19H,9H2,1-2H3. The predicted octanol–water partition coefficient (Wildman–Crippen LogP) is 4.84. The first-order chi connectivity index (χ1) is 9.65. The van der Waals surface area contributed by atoms with Crippen molar-refractivity contribution in [3.8, 4) is 5.75 Å². The SMILES string of the molecule is Cc1cc(NCc2csc3ccccc23)c(C)cc1O. The third kappa shape index (κ3) is 2.37. The van der Waals surface area contributed by atoms with Crippen LogP contribution in [-0.4, -0.2) is 5.11 Å². The summed E-state index contributed by atoms with van der Waals surface area (Å²) >= 11 is 1.78. The lowest BCUT2D eigenvalue weighted by atomic mass is 10.1. The van der Waals surface area contributed by atoms with Crippen molar-refractivity contribution in [2.75, 3.05) is 5.32 Å². The summed E-state index contributed by atoms with van der Waals surface area (Å²) in [5, 5.41) is 16.7. The van der Waals surface area contributed by atoms with E-state index in [0.717, 1.165) is 23.4 Å². The molecule has 0 fully saturated rings. The fraction of sp³-hybridized carbons (Fsp3) is 0.176. The molecule has 3 rings (SSSR count). The van der Waals surface area contributed by atoms with Crippen molar-refractivity contribution in [1.82, 2.24) is 0 Å². The van der Waals surface area contributed by atoms with Gasteiger partial charge in [0, 0.05) is 16.9 Å². The van der Waals surface area contributed by atoms with Gasteiger partial charge in [0.25, 0.3) is 0 Å². The highest BCUT2D eigenvalue weighted by Gasteiger charge is 2.06. The zero-order valence-electron chi connectivity index (χ0n) is 11.6. The highest BCUT2D eigenvalue weighted by molar-refractivity contribution is 7.17. The van der Waals surface area contributed by atoms with Crippen molar-refractivity contribution >= 4 is 27.1 Å². The molecule has 2 aromatic carbocycles. The van der Waals surface area contributed by atoms with Crippen molar-refractivity contribution in [2.24, 2.45) is 0 Å². The Morgan fingerprint density at radius 2 is 1.90 bits per heavy atom. The van der Waals surface area contributed by atoms with Gasteiger partial charge in [-0.3, -0.25) is 0 Å². The van der Waals surface area contributed by atoms with Gasteiger partial charge < -0.3 is 10.4 Å². The second kappa shape index (κ2) is 5.17. The summed E-state index contributed by atoms with van der Waals surface area (Å²) in [7, 11) is 0. The van der Waals surface area contributed by atoms with E-state index >= 15 is 0 Å². The number of hydrogen-bond donors (Lipinski definition) is 2. The molecule has 0 amide bonds. The van der Waals surface area contributed by atoms with E-state index in [1.54, 1.807) is 11.3 Å². The van der Waals surface area contributed by atoms with E-state index in [4.69, 9.17) is 0 Å². The number of anilines is 1. The number of thiophene rings is 1. The smallest absolute Gasteiger partial charge is 0.118 e. The van der Waals surface area contributed by atoms with Gasteiger partial charge in [-0.1, -0.05) is 18.2 Å². The Balaban J connectivity index is 1.85. The minimum atomic E-state index is 0.356. The van der Waals surface area contributed by atoms with E-state index in [-0.39, 0.29) is 0 Å². The topological polar surface area (TPSA) is 32.3 Å². The van der Waals surface area contributed by atoms with Gasteiger partial charge in [0.2, 0.25) is 0 Å². The number of benzene rings is 2. The molecule has 102 valence electrons. The second-order valence-electron chi connectivity index (χ2n) is 5.06. The maximum Gasteiger partial charge on any atom is 0.118 e. The van der Waals surface area contributed by atoms with Crippen LogP contribution in [0.15, 0.2) is 41.8 Å². The van der Waals surface area contributed by atoms with Gasteiger partial charge in [0.1, 0.15) is 5.75 Å². The molecular formula is C17H17NOS. The number of rotatable bonds is 3. The maximum absolute atomic E-state index is 9.69. The van der Waals surface area contributed by atoms with Crippen molar-refractivity contribution in [2.45, 2.75) is 20.4 Å². The van der Waals surface area contributed by atoms with Crippen LogP contribution in [0.4, 0.5) is 5.69 Å². The lowest BCUT2D eigenvalue weighted by molar-refractivity contribution is 0.471. The number of nitrogens with one attached hydrogen (secondary N) is 1. The lowest BCUT2D eigenvalue weighted by Crippen LogP contribution is -2.00. The van der Waals surface area contributed by atoms with Crippen LogP contribution in [0.1, 0.15) is 16.7 Å². The molecule has 2 nitrogen and oxygen atoms in total.